The van der Waals surface area contributed by atoms with Gasteiger partial charge in [-0.05, 0) is 23.0 Å². The van der Waals surface area contributed by atoms with Crippen LogP contribution in [0.15, 0.2) is 18.2 Å². The Bertz CT molecular complexity index is 593. The third-order valence-electron chi connectivity index (χ3n) is 4.42. The number of aliphatic hydroxyl groups is 1. The van der Waals surface area contributed by atoms with Crippen LogP contribution in [0.2, 0.25) is 0 Å². The minimum absolute atomic E-state index is 0.00196. The number of carbonyl (C=O) groups is 1. The van der Waals surface area contributed by atoms with Gasteiger partial charge in [-0.15, -0.1) is 0 Å². The average Bonchev–Trinajstić information content (AvgIpc) is 2.67. The normalized spacial score (nSPS) is 19.8. The zero-order valence-electron chi connectivity index (χ0n) is 17.2. The van der Waals surface area contributed by atoms with E-state index in [4.69, 9.17) is 24.1 Å². The van der Waals surface area contributed by atoms with Gasteiger partial charge in [-0.25, -0.2) is 4.79 Å². The van der Waals surface area contributed by atoms with Crippen molar-refractivity contribution in [1.29, 1.82) is 0 Å². The van der Waals surface area contributed by atoms with Crippen molar-refractivity contribution in [1.82, 2.24) is 0 Å². The lowest BCUT2D eigenvalue weighted by molar-refractivity contribution is -0.164. The second kappa shape index (κ2) is 11.7. The first kappa shape index (κ1) is 23.0. The van der Waals surface area contributed by atoms with Crippen LogP contribution in [-0.2, 0) is 14.2 Å². The first-order valence-electron chi connectivity index (χ1n) is 9.85. The summed E-state index contributed by atoms with van der Waals surface area (Å²) in [5.74, 6) is 2.61. The molecule has 1 aromatic rings. The van der Waals surface area contributed by atoms with Gasteiger partial charge < -0.3 is 24.1 Å². The van der Waals surface area contributed by atoms with Gasteiger partial charge in [-0.2, -0.15) is 11.8 Å². The predicted octanol–water partition coefficient (Wildman–Crippen LogP) is 4.31. The molecule has 1 aromatic carbocycles. The topological polar surface area (TPSA) is 74.2 Å². The molecule has 1 heterocycles. The SMILES string of the molecule is CC(C)c1cccc(C(C)C)c1OC(=O)OCCCO[C@H]1CSC[C@@H](CO)O1. The summed E-state index contributed by atoms with van der Waals surface area (Å²) in [5.41, 5.74) is 1.99. The Morgan fingerprint density at radius 2 is 1.86 bits per heavy atom. The molecule has 28 heavy (non-hydrogen) atoms. The summed E-state index contributed by atoms with van der Waals surface area (Å²) in [4.78, 5) is 12.2. The van der Waals surface area contributed by atoms with Crippen molar-refractivity contribution in [2.45, 2.75) is 58.3 Å². The highest BCUT2D eigenvalue weighted by Crippen LogP contribution is 2.34. The molecule has 1 aliphatic rings. The third kappa shape index (κ3) is 6.95. The quantitative estimate of drug-likeness (QED) is 0.368. The summed E-state index contributed by atoms with van der Waals surface area (Å²) < 4.78 is 22.0. The second-order valence-electron chi connectivity index (χ2n) is 7.41. The van der Waals surface area contributed by atoms with E-state index in [9.17, 15) is 4.79 Å². The number of thioether (sulfide) groups is 1. The number of hydrogen-bond donors (Lipinski definition) is 1. The molecule has 1 aliphatic heterocycles. The summed E-state index contributed by atoms with van der Waals surface area (Å²) in [6.45, 7) is 8.91. The van der Waals surface area contributed by atoms with Crippen LogP contribution in [0.3, 0.4) is 0 Å². The highest BCUT2D eigenvalue weighted by atomic mass is 32.2. The van der Waals surface area contributed by atoms with Crippen molar-refractivity contribution in [3.8, 4) is 5.75 Å². The van der Waals surface area contributed by atoms with Crippen molar-refractivity contribution in [3.05, 3.63) is 29.3 Å². The smallest absolute Gasteiger partial charge is 0.434 e. The van der Waals surface area contributed by atoms with Gasteiger partial charge in [-0.1, -0.05) is 45.9 Å². The fourth-order valence-corrected chi connectivity index (χ4v) is 3.86. The number of benzene rings is 1. The Hall–Kier alpha value is -1.28. The molecule has 1 saturated heterocycles. The number of hydrogen-bond acceptors (Lipinski definition) is 7. The molecule has 6 nitrogen and oxygen atoms in total. The van der Waals surface area contributed by atoms with Crippen LogP contribution in [-0.4, -0.2) is 55.0 Å². The van der Waals surface area contributed by atoms with Gasteiger partial charge in [0.1, 0.15) is 5.75 Å². The lowest BCUT2D eigenvalue weighted by atomic mass is 9.94. The van der Waals surface area contributed by atoms with Crippen molar-refractivity contribution in [2.75, 3.05) is 31.3 Å². The molecule has 0 aliphatic carbocycles. The van der Waals surface area contributed by atoms with E-state index in [2.05, 4.69) is 27.7 Å². The molecule has 158 valence electrons. The highest BCUT2D eigenvalue weighted by Gasteiger charge is 2.22. The Balaban J connectivity index is 1.77. The molecule has 1 N–H and O–H groups in total. The van der Waals surface area contributed by atoms with Gasteiger partial charge in [0.15, 0.2) is 6.29 Å². The lowest BCUT2D eigenvalue weighted by Crippen LogP contribution is -2.35. The van der Waals surface area contributed by atoms with Gasteiger partial charge in [-0.3, -0.25) is 0 Å². The molecule has 0 aromatic heterocycles. The molecule has 1 fully saturated rings. The fraction of sp³-hybridized carbons (Fsp3) is 0.667. The monoisotopic (exact) mass is 412 g/mol. The number of rotatable bonds is 9. The summed E-state index contributed by atoms with van der Waals surface area (Å²) >= 11 is 1.70. The molecular weight excluding hydrogens is 380 g/mol. The van der Waals surface area contributed by atoms with Crippen LogP contribution in [0.1, 0.15) is 57.1 Å². The maximum Gasteiger partial charge on any atom is 0.513 e. The molecule has 0 saturated carbocycles. The molecule has 0 bridgehead atoms. The van der Waals surface area contributed by atoms with E-state index in [1.54, 1.807) is 11.8 Å². The lowest BCUT2D eigenvalue weighted by Gasteiger charge is -2.28. The molecule has 0 unspecified atom stereocenters. The van der Waals surface area contributed by atoms with Crippen LogP contribution in [0.25, 0.3) is 0 Å². The minimum atomic E-state index is -0.695. The molecule has 0 amide bonds. The zero-order chi connectivity index (χ0) is 20.5. The van der Waals surface area contributed by atoms with E-state index in [0.717, 1.165) is 22.6 Å². The van der Waals surface area contributed by atoms with Crippen LogP contribution in [0.5, 0.6) is 5.75 Å². The predicted molar refractivity (Wildman–Crippen MR) is 110 cm³/mol. The minimum Gasteiger partial charge on any atom is -0.434 e. The Kier molecular flexibility index (Phi) is 9.58. The van der Waals surface area contributed by atoms with E-state index < -0.39 is 6.16 Å². The van der Waals surface area contributed by atoms with Crippen molar-refractivity contribution < 1.29 is 28.8 Å². The van der Waals surface area contributed by atoms with E-state index in [-0.39, 0.29) is 37.4 Å². The van der Waals surface area contributed by atoms with E-state index in [1.807, 2.05) is 18.2 Å². The Morgan fingerprint density at radius 3 is 2.46 bits per heavy atom. The standard InChI is InChI=1S/C21H32O6S/c1-14(2)17-7-5-8-18(15(3)4)20(17)27-21(23)25-10-6-9-24-19-13-28-12-16(11-22)26-19/h5,7-8,14-16,19,22H,6,9-13H2,1-4H3/t16-,19-/m1/s1. The van der Waals surface area contributed by atoms with Gasteiger partial charge in [0.2, 0.25) is 0 Å². The molecule has 2 atom stereocenters. The van der Waals surface area contributed by atoms with Gasteiger partial charge in [0, 0.05) is 17.9 Å². The maximum atomic E-state index is 12.2. The summed E-state index contributed by atoms with van der Waals surface area (Å²) in [7, 11) is 0. The summed E-state index contributed by atoms with van der Waals surface area (Å²) in [6.07, 6.45) is -0.646. The highest BCUT2D eigenvalue weighted by molar-refractivity contribution is 7.99. The first-order chi connectivity index (χ1) is 13.4. The van der Waals surface area contributed by atoms with Crippen molar-refractivity contribution >= 4 is 17.9 Å². The van der Waals surface area contributed by atoms with Crippen LogP contribution < -0.4 is 4.74 Å². The third-order valence-corrected chi connectivity index (χ3v) is 5.54. The second-order valence-corrected chi connectivity index (χ2v) is 8.48. The van der Waals surface area contributed by atoms with Gasteiger partial charge in [0.05, 0.1) is 25.9 Å². The zero-order valence-corrected chi connectivity index (χ0v) is 18.0. The van der Waals surface area contributed by atoms with Gasteiger partial charge >= 0.3 is 6.16 Å². The maximum absolute atomic E-state index is 12.2. The van der Waals surface area contributed by atoms with Crippen molar-refractivity contribution in [3.63, 3.8) is 0 Å². The largest absolute Gasteiger partial charge is 0.513 e. The molecule has 2 rings (SSSR count). The molecule has 0 radical (unpaired) electrons. The van der Waals surface area contributed by atoms with Gasteiger partial charge in [0.25, 0.3) is 0 Å². The first-order valence-corrected chi connectivity index (χ1v) is 11.0. The van der Waals surface area contributed by atoms with Crippen LogP contribution >= 0.6 is 11.8 Å². The molecule has 0 spiro atoms. The number of aliphatic hydroxyl groups excluding tert-OH is 1. The Morgan fingerprint density at radius 1 is 1.18 bits per heavy atom. The number of ether oxygens (including phenoxy) is 4. The van der Waals surface area contributed by atoms with Crippen LogP contribution in [0, 0.1) is 0 Å². The number of carbonyl (C=O) groups excluding carboxylic acids is 1. The summed E-state index contributed by atoms with van der Waals surface area (Å²) in [5, 5.41) is 9.14. The molecule has 7 heteroatoms. The Labute approximate surface area is 171 Å². The van der Waals surface area contributed by atoms with E-state index in [0.29, 0.717) is 18.8 Å². The van der Waals surface area contributed by atoms with E-state index in [1.165, 1.54) is 0 Å². The van der Waals surface area contributed by atoms with E-state index >= 15 is 0 Å². The average molecular weight is 413 g/mol. The fourth-order valence-electron chi connectivity index (χ4n) is 2.91. The van der Waals surface area contributed by atoms with Crippen LogP contribution in [0.4, 0.5) is 4.79 Å². The summed E-state index contributed by atoms with van der Waals surface area (Å²) in [6, 6.07) is 5.96. The number of para-hydroxylation sites is 1. The molecular formula is C21H32O6S. The van der Waals surface area contributed by atoms with Crippen molar-refractivity contribution in [2.24, 2.45) is 0 Å².